The van der Waals surface area contributed by atoms with E-state index in [0.29, 0.717) is 11.6 Å². The highest BCUT2D eigenvalue weighted by molar-refractivity contribution is 5.92. The number of aromatic nitrogens is 1. The quantitative estimate of drug-likeness (QED) is 0.861. The second kappa shape index (κ2) is 7.73. The Labute approximate surface area is 134 Å². The van der Waals surface area contributed by atoms with Crippen LogP contribution >= 0.6 is 0 Å². The smallest absolute Gasteiger partial charge is 0.272 e. The number of carbonyl (C=O) groups excluding carboxylic acids is 1. The molecule has 0 N–H and O–H groups in total. The zero-order chi connectivity index (χ0) is 16.1. The maximum Gasteiger partial charge on any atom is 0.272 e. The number of carbonyl (C=O) groups is 1. The maximum atomic E-state index is 12.4. The third kappa shape index (κ3) is 4.07. The van der Waals surface area contributed by atoms with Crippen molar-refractivity contribution in [1.82, 2.24) is 14.8 Å². The number of amides is 1. The summed E-state index contributed by atoms with van der Waals surface area (Å²) in [6.07, 6.45) is 1.11. The van der Waals surface area contributed by atoms with Gasteiger partial charge in [0.25, 0.3) is 5.91 Å². The van der Waals surface area contributed by atoms with Crippen LogP contribution in [0.25, 0.3) is 0 Å². The molecule has 2 fully saturated rings. The topological polar surface area (TPSA) is 36.4 Å². The molecule has 3 rings (SSSR count). The summed E-state index contributed by atoms with van der Waals surface area (Å²) < 4.78 is 0. The Hall–Kier alpha value is -1.42. The van der Waals surface area contributed by atoms with Gasteiger partial charge in [-0.15, -0.1) is 0 Å². The number of rotatable bonds is 3. The van der Waals surface area contributed by atoms with Crippen LogP contribution in [-0.4, -0.2) is 46.9 Å². The zero-order valence-electron chi connectivity index (χ0n) is 14.4. The molecule has 1 amide bonds. The van der Waals surface area contributed by atoms with Gasteiger partial charge in [-0.1, -0.05) is 33.8 Å². The molecule has 22 heavy (non-hydrogen) atoms. The number of hydrogen-bond donors (Lipinski definition) is 0. The summed E-state index contributed by atoms with van der Waals surface area (Å²) in [6, 6.07) is 5.82. The molecule has 1 atom stereocenters. The highest BCUT2D eigenvalue weighted by Crippen LogP contribution is 2.19. The molecular formula is C18H29N3O. The standard InChI is InChI=1S/C16H23N3O.C2H6/c1-12-6-7-19(10-12)16(20)15-5-3-4-14(17-15)11-18-8-13(2)9-18;1-2/h3-5,12-13H,6-11H2,1-2H3;1-2H3. The first-order valence-electron chi connectivity index (χ1n) is 8.59. The largest absolute Gasteiger partial charge is 0.337 e. The van der Waals surface area contributed by atoms with Crippen molar-refractivity contribution in [3.8, 4) is 0 Å². The molecule has 0 spiro atoms. The lowest BCUT2D eigenvalue weighted by Crippen LogP contribution is -2.44. The summed E-state index contributed by atoms with van der Waals surface area (Å²) in [6.45, 7) is 13.3. The van der Waals surface area contributed by atoms with Gasteiger partial charge in [-0.2, -0.15) is 0 Å². The van der Waals surface area contributed by atoms with Gasteiger partial charge >= 0.3 is 0 Å². The summed E-state index contributed by atoms with van der Waals surface area (Å²) in [4.78, 5) is 21.3. The van der Waals surface area contributed by atoms with Crippen molar-refractivity contribution < 1.29 is 4.79 Å². The number of likely N-dealkylation sites (tertiary alicyclic amines) is 2. The van der Waals surface area contributed by atoms with Gasteiger partial charge in [-0.3, -0.25) is 9.69 Å². The second-order valence-electron chi connectivity index (χ2n) is 6.46. The Kier molecular flexibility index (Phi) is 5.95. The van der Waals surface area contributed by atoms with Gasteiger partial charge in [0.2, 0.25) is 0 Å². The number of nitrogens with zero attached hydrogens (tertiary/aromatic N) is 3. The summed E-state index contributed by atoms with van der Waals surface area (Å²) >= 11 is 0. The Morgan fingerprint density at radius 1 is 1.18 bits per heavy atom. The summed E-state index contributed by atoms with van der Waals surface area (Å²) in [5.74, 6) is 1.50. The molecular weight excluding hydrogens is 274 g/mol. The van der Waals surface area contributed by atoms with Gasteiger partial charge in [0, 0.05) is 32.7 Å². The normalized spacial score (nSPS) is 22.0. The lowest BCUT2D eigenvalue weighted by molar-refractivity contribution is 0.0779. The SMILES string of the molecule is CC.CC1CN(Cc2cccc(C(=O)N3CCC(C)C3)n2)C1. The molecule has 122 valence electrons. The van der Waals surface area contributed by atoms with Crippen LogP contribution in [0.2, 0.25) is 0 Å². The lowest BCUT2D eigenvalue weighted by Gasteiger charge is -2.36. The van der Waals surface area contributed by atoms with Crippen LogP contribution in [0.15, 0.2) is 18.2 Å². The van der Waals surface area contributed by atoms with Crippen molar-refractivity contribution in [2.24, 2.45) is 11.8 Å². The van der Waals surface area contributed by atoms with E-state index in [-0.39, 0.29) is 5.91 Å². The van der Waals surface area contributed by atoms with Gasteiger partial charge in [-0.05, 0) is 30.4 Å². The second-order valence-corrected chi connectivity index (χ2v) is 6.46. The Morgan fingerprint density at radius 3 is 2.50 bits per heavy atom. The van der Waals surface area contributed by atoms with Crippen molar-refractivity contribution in [3.63, 3.8) is 0 Å². The highest BCUT2D eigenvalue weighted by atomic mass is 16.2. The molecule has 4 nitrogen and oxygen atoms in total. The van der Waals surface area contributed by atoms with E-state index in [1.54, 1.807) is 0 Å². The van der Waals surface area contributed by atoms with Crippen LogP contribution in [-0.2, 0) is 6.54 Å². The minimum absolute atomic E-state index is 0.0909. The predicted octanol–water partition coefficient (Wildman–Crippen LogP) is 3.04. The molecule has 0 bridgehead atoms. The predicted molar refractivity (Wildman–Crippen MR) is 89.7 cm³/mol. The molecule has 1 unspecified atom stereocenters. The van der Waals surface area contributed by atoms with Crippen LogP contribution in [0.3, 0.4) is 0 Å². The van der Waals surface area contributed by atoms with E-state index in [1.807, 2.05) is 36.9 Å². The molecule has 0 radical (unpaired) electrons. The fourth-order valence-corrected chi connectivity index (χ4v) is 3.15. The maximum absolute atomic E-state index is 12.4. The van der Waals surface area contributed by atoms with E-state index in [1.165, 1.54) is 0 Å². The fraction of sp³-hybridized carbons (Fsp3) is 0.667. The molecule has 0 aromatic carbocycles. The molecule has 1 aromatic heterocycles. The molecule has 3 heterocycles. The van der Waals surface area contributed by atoms with Gasteiger partial charge in [-0.25, -0.2) is 4.98 Å². The third-order valence-corrected chi connectivity index (χ3v) is 4.26. The van der Waals surface area contributed by atoms with Crippen LogP contribution in [0.4, 0.5) is 0 Å². The van der Waals surface area contributed by atoms with Crippen molar-refractivity contribution in [3.05, 3.63) is 29.6 Å². The van der Waals surface area contributed by atoms with E-state index in [9.17, 15) is 4.79 Å². The van der Waals surface area contributed by atoms with Gasteiger partial charge in [0.15, 0.2) is 0 Å². The third-order valence-electron chi connectivity index (χ3n) is 4.26. The minimum atomic E-state index is 0.0909. The first kappa shape index (κ1) is 16.9. The van der Waals surface area contributed by atoms with Crippen molar-refractivity contribution in [1.29, 1.82) is 0 Å². The van der Waals surface area contributed by atoms with Gasteiger partial charge < -0.3 is 4.90 Å². The minimum Gasteiger partial charge on any atom is -0.337 e. The van der Waals surface area contributed by atoms with Crippen LogP contribution < -0.4 is 0 Å². The molecule has 2 aliphatic heterocycles. The first-order valence-corrected chi connectivity index (χ1v) is 8.59. The number of pyridine rings is 1. The molecule has 0 aliphatic carbocycles. The van der Waals surface area contributed by atoms with Crippen molar-refractivity contribution in [2.45, 2.75) is 40.7 Å². The van der Waals surface area contributed by atoms with Crippen LogP contribution in [0, 0.1) is 11.8 Å². The number of hydrogen-bond acceptors (Lipinski definition) is 3. The Balaban J connectivity index is 0.000000847. The molecule has 0 saturated carbocycles. The van der Waals surface area contributed by atoms with Crippen molar-refractivity contribution in [2.75, 3.05) is 26.2 Å². The van der Waals surface area contributed by atoms with E-state index in [2.05, 4.69) is 23.7 Å². The molecule has 2 saturated heterocycles. The van der Waals surface area contributed by atoms with Gasteiger partial charge in [0.05, 0.1) is 5.69 Å². The summed E-state index contributed by atoms with van der Waals surface area (Å²) in [5, 5.41) is 0. The van der Waals surface area contributed by atoms with Crippen LogP contribution in [0.1, 0.15) is 50.3 Å². The summed E-state index contributed by atoms with van der Waals surface area (Å²) in [5.41, 5.74) is 1.61. The molecule has 4 heteroatoms. The average molecular weight is 303 g/mol. The summed E-state index contributed by atoms with van der Waals surface area (Å²) in [7, 11) is 0. The lowest BCUT2D eigenvalue weighted by atomic mass is 10.0. The monoisotopic (exact) mass is 303 g/mol. The highest BCUT2D eigenvalue weighted by Gasteiger charge is 2.26. The fourth-order valence-electron chi connectivity index (χ4n) is 3.15. The molecule has 1 aromatic rings. The Bertz CT molecular complexity index is 497. The van der Waals surface area contributed by atoms with Crippen LogP contribution in [0.5, 0.6) is 0 Å². The van der Waals surface area contributed by atoms with Crippen molar-refractivity contribution >= 4 is 5.91 Å². The van der Waals surface area contributed by atoms with E-state index in [4.69, 9.17) is 0 Å². The van der Waals surface area contributed by atoms with E-state index >= 15 is 0 Å². The van der Waals surface area contributed by atoms with E-state index < -0.39 is 0 Å². The van der Waals surface area contributed by atoms with E-state index in [0.717, 1.165) is 50.8 Å². The zero-order valence-corrected chi connectivity index (χ0v) is 14.4. The van der Waals surface area contributed by atoms with Gasteiger partial charge in [0.1, 0.15) is 5.69 Å². The molecule has 2 aliphatic rings. The Morgan fingerprint density at radius 2 is 1.91 bits per heavy atom. The first-order chi connectivity index (χ1) is 10.6. The average Bonchev–Trinajstić information content (AvgIpc) is 2.94.